The lowest BCUT2D eigenvalue weighted by Crippen LogP contribution is -2.40. The summed E-state index contributed by atoms with van der Waals surface area (Å²) in [6.45, 7) is 10.4. The van der Waals surface area contributed by atoms with E-state index in [9.17, 15) is 4.79 Å². The number of fused-ring (bicyclic) bond motifs is 2. The van der Waals surface area contributed by atoms with Crippen LogP contribution in [0.3, 0.4) is 0 Å². The summed E-state index contributed by atoms with van der Waals surface area (Å²) in [7, 11) is 0. The van der Waals surface area contributed by atoms with Crippen LogP contribution in [0.25, 0.3) is 0 Å². The van der Waals surface area contributed by atoms with Gasteiger partial charge < -0.3 is 14.4 Å². The van der Waals surface area contributed by atoms with Gasteiger partial charge >= 0.3 is 0 Å². The van der Waals surface area contributed by atoms with Crippen LogP contribution >= 0.6 is 0 Å². The first-order chi connectivity index (χ1) is 10.3. The van der Waals surface area contributed by atoms with Crippen LogP contribution in [-0.2, 0) is 11.2 Å². The van der Waals surface area contributed by atoms with Gasteiger partial charge in [-0.2, -0.15) is 0 Å². The van der Waals surface area contributed by atoms with Crippen LogP contribution in [0.1, 0.15) is 51.3 Å². The van der Waals surface area contributed by atoms with E-state index >= 15 is 0 Å². The molecule has 2 aliphatic rings. The first-order valence-corrected chi connectivity index (χ1v) is 8.07. The van der Waals surface area contributed by atoms with Crippen LogP contribution in [-0.4, -0.2) is 30.6 Å². The van der Waals surface area contributed by atoms with Crippen molar-refractivity contribution in [1.29, 1.82) is 0 Å². The maximum absolute atomic E-state index is 12.6. The number of carbonyl (C=O) groups is 1. The van der Waals surface area contributed by atoms with Crippen molar-refractivity contribution in [1.82, 2.24) is 4.90 Å². The fourth-order valence-corrected chi connectivity index (χ4v) is 3.25. The summed E-state index contributed by atoms with van der Waals surface area (Å²) in [5, 5.41) is 0. The largest absolute Gasteiger partial charge is 0.486 e. The number of rotatable bonds is 1. The number of benzene rings is 1. The van der Waals surface area contributed by atoms with E-state index in [0.717, 1.165) is 24.5 Å². The smallest absolute Gasteiger partial charge is 0.223 e. The standard InChI is InChI=1S/C18H25NO3/c1-12-14-10-16-15(21-7-8-22-16)9-13(14)5-6-19(12)17(20)11-18(2,3)4/h9-10,12H,5-8,11H2,1-4H3. The van der Waals surface area contributed by atoms with Crippen molar-refractivity contribution >= 4 is 5.91 Å². The molecular weight excluding hydrogens is 278 g/mol. The second-order valence-corrected chi connectivity index (χ2v) is 7.45. The molecule has 1 amide bonds. The highest BCUT2D eigenvalue weighted by Gasteiger charge is 2.31. The van der Waals surface area contributed by atoms with E-state index in [-0.39, 0.29) is 17.4 Å². The summed E-state index contributed by atoms with van der Waals surface area (Å²) in [5.74, 6) is 1.88. The third kappa shape index (κ3) is 2.92. The normalized spacial score (nSPS) is 20.5. The summed E-state index contributed by atoms with van der Waals surface area (Å²) >= 11 is 0. The van der Waals surface area contributed by atoms with Crippen molar-refractivity contribution in [2.45, 2.75) is 46.6 Å². The van der Waals surface area contributed by atoms with Crippen LogP contribution in [0.4, 0.5) is 0 Å². The Bertz CT molecular complexity index is 589. The van der Waals surface area contributed by atoms with Crippen LogP contribution in [0, 0.1) is 5.41 Å². The molecule has 22 heavy (non-hydrogen) atoms. The summed E-state index contributed by atoms with van der Waals surface area (Å²) in [6.07, 6.45) is 1.46. The molecule has 2 aliphatic heterocycles. The molecule has 0 aliphatic carbocycles. The maximum Gasteiger partial charge on any atom is 0.223 e. The quantitative estimate of drug-likeness (QED) is 0.798. The molecule has 0 N–H and O–H groups in total. The Hall–Kier alpha value is -1.71. The van der Waals surface area contributed by atoms with E-state index in [1.54, 1.807) is 0 Å². The fraction of sp³-hybridized carbons (Fsp3) is 0.611. The lowest BCUT2D eigenvalue weighted by Gasteiger charge is -2.37. The molecule has 1 atom stereocenters. The third-order valence-corrected chi connectivity index (χ3v) is 4.35. The maximum atomic E-state index is 12.6. The number of ether oxygens (including phenoxy) is 2. The fourth-order valence-electron chi connectivity index (χ4n) is 3.25. The summed E-state index contributed by atoms with van der Waals surface area (Å²) in [5.41, 5.74) is 2.48. The molecule has 0 bridgehead atoms. The average Bonchev–Trinajstić information content (AvgIpc) is 2.44. The second-order valence-electron chi connectivity index (χ2n) is 7.45. The van der Waals surface area contributed by atoms with E-state index in [2.05, 4.69) is 39.8 Å². The minimum Gasteiger partial charge on any atom is -0.486 e. The summed E-state index contributed by atoms with van der Waals surface area (Å²) in [6, 6.07) is 4.24. The van der Waals surface area contributed by atoms with E-state index in [0.29, 0.717) is 19.6 Å². The molecular formula is C18H25NO3. The Morgan fingerprint density at radius 1 is 1.23 bits per heavy atom. The molecule has 4 nitrogen and oxygen atoms in total. The predicted molar refractivity (Wildman–Crippen MR) is 85.3 cm³/mol. The average molecular weight is 303 g/mol. The van der Waals surface area contributed by atoms with Gasteiger partial charge in [-0.15, -0.1) is 0 Å². The number of carbonyl (C=O) groups excluding carboxylic acids is 1. The lowest BCUT2D eigenvalue weighted by atomic mass is 9.88. The molecule has 0 fully saturated rings. The van der Waals surface area contributed by atoms with Crippen LogP contribution in [0.15, 0.2) is 12.1 Å². The first kappa shape index (κ1) is 15.2. The molecule has 120 valence electrons. The van der Waals surface area contributed by atoms with Gasteiger partial charge in [0.05, 0.1) is 6.04 Å². The molecule has 1 unspecified atom stereocenters. The molecule has 0 spiro atoms. The van der Waals surface area contributed by atoms with Gasteiger partial charge in [-0.05, 0) is 42.0 Å². The highest BCUT2D eigenvalue weighted by atomic mass is 16.6. The molecule has 0 saturated carbocycles. The van der Waals surface area contributed by atoms with Crippen LogP contribution in [0.5, 0.6) is 11.5 Å². The Morgan fingerprint density at radius 2 is 1.86 bits per heavy atom. The molecule has 0 saturated heterocycles. The zero-order valence-corrected chi connectivity index (χ0v) is 13.9. The van der Waals surface area contributed by atoms with Gasteiger partial charge in [0, 0.05) is 13.0 Å². The topological polar surface area (TPSA) is 38.8 Å². The molecule has 3 rings (SSSR count). The predicted octanol–water partition coefficient (Wildman–Crippen LogP) is 3.34. The number of nitrogens with zero attached hydrogens (tertiary/aromatic N) is 1. The van der Waals surface area contributed by atoms with Gasteiger partial charge in [0.15, 0.2) is 11.5 Å². The number of amides is 1. The van der Waals surface area contributed by atoms with Crippen molar-refractivity contribution in [3.63, 3.8) is 0 Å². The minimum absolute atomic E-state index is 0.0177. The Morgan fingerprint density at radius 3 is 2.50 bits per heavy atom. The Balaban J connectivity index is 1.85. The van der Waals surface area contributed by atoms with Crippen LogP contribution < -0.4 is 9.47 Å². The van der Waals surface area contributed by atoms with Gasteiger partial charge in [-0.3, -0.25) is 4.79 Å². The second kappa shape index (κ2) is 5.49. The molecule has 0 aromatic heterocycles. The minimum atomic E-state index is 0.0177. The monoisotopic (exact) mass is 303 g/mol. The van der Waals surface area contributed by atoms with Crippen molar-refractivity contribution in [2.75, 3.05) is 19.8 Å². The Kier molecular flexibility index (Phi) is 3.79. The number of hydrogen-bond acceptors (Lipinski definition) is 3. The van der Waals surface area contributed by atoms with Gasteiger partial charge in [0.2, 0.25) is 5.91 Å². The summed E-state index contributed by atoms with van der Waals surface area (Å²) in [4.78, 5) is 14.6. The molecule has 1 aromatic rings. The van der Waals surface area contributed by atoms with E-state index in [1.165, 1.54) is 11.1 Å². The number of hydrogen-bond donors (Lipinski definition) is 0. The van der Waals surface area contributed by atoms with Crippen LogP contribution in [0.2, 0.25) is 0 Å². The van der Waals surface area contributed by atoms with Crippen molar-refractivity contribution in [3.8, 4) is 11.5 Å². The molecule has 0 radical (unpaired) electrons. The van der Waals surface area contributed by atoms with Gasteiger partial charge in [-0.1, -0.05) is 20.8 Å². The highest BCUT2D eigenvalue weighted by Crippen LogP contribution is 2.39. The van der Waals surface area contributed by atoms with Gasteiger partial charge in [0.25, 0.3) is 0 Å². The molecule has 4 heteroatoms. The molecule has 1 aromatic carbocycles. The highest BCUT2D eigenvalue weighted by molar-refractivity contribution is 5.78. The van der Waals surface area contributed by atoms with Crippen molar-refractivity contribution in [3.05, 3.63) is 23.3 Å². The zero-order valence-electron chi connectivity index (χ0n) is 13.9. The third-order valence-electron chi connectivity index (χ3n) is 4.35. The van der Waals surface area contributed by atoms with Gasteiger partial charge in [-0.25, -0.2) is 0 Å². The van der Waals surface area contributed by atoms with Crippen molar-refractivity contribution in [2.24, 2.45) is 5.41 Å². The van der Waals surface area contributed by atoms with Gasteiger partial charge in [0.1, 0.15) is 13.2 Å². The summed E-state index contributed by atoms with van der Waals surface area (Å²) < 4.78 is 11.3. The SMILES string of the molecule is CC1c2cc3c(cc2CCN1C(=O)CC(C)(C)C)OCCO3. The zero-order chi connectivity index (χ0) is 15.9. The Labute approximate surface area is 132 Å². The lowest BCUT2D eigenvalue weighted by molar-refractivity contribution is -0.135. The van der Waals surface area contributed by atoms with E-state index < -0.39 is 0 Å². The van der Waals surface area contributed by atoms with Crippen molar-refractivity contribution < 1.29 is 14.3 Å². The van der Waals surface area contributed by atoms with E-state index in [1.807, 2.05) is 4.90 Å². The molecule has 2 heterocycles. The van der Waals surface area contributed by atoms with E-state index in [4.69, 9.17) is 9.47 Å². The first-order valence-electron chi connectivity index (χ1n) is 8.07.